The van der Waals surface area contributed by atoms with Crippen LogP contribution in [-0.4, -0.2) is 20.9 Å². The van der Waals surface area contributed by atoms with Crippen LogP contribution in [0.5, 0.6) is 11.5 Å². The Morgan fingerprint density at radius 1 is 0.429 bits per heavy atom. The van der Waals surface area contributed by atoms with E-state index in [1.807, 2.05) is 0 Å². The first-order chi connectivity index (χ1) is 23.1. The highest BCUT2D eigenvalue weighted by molar-refractivity contribution is 6.97. The Balaban J connectivity index is 1.71. The molecule has 0 N–H and O–H groups in total. The first kappa shape index (κ1) is 34.4. The fourth-order valence-corrected chi connectivity index (χ4v) is 7.18. The molecular formula is C46H51BO2. The van der Waals surface area contributed by atoms with E-state index in [1.165, 1.54) is 66.5 Å². The van der Waals surface area contributed by atoms with Gasteiger partial charge in [0.15, 0.2) is 0 Å². The molecule has 0 amide bonds. The Kier molecular flexibility index (Phi) is 8.95. The Labute approximate surface area is 295 Å². The molecule has 0 aliphatic carbocycles. The Morgan fingerprint density at radius 2 is 0.796 bits per heavy atom. The zero-order valence-electron chi connectivity index (χ0n) is 31.3. The largest absolute Gasteiger partial charge is 0.497 e. The molecule has 5 aromatic rings. The molecular weight excluding hydrogens is 595 g/mol. The summed E-state index contributed by atoms with van der Waals surface area (Å²) in [7, 11) is 3.44. The Bertz CT molecular complexity index is 1880. The van der Waals surface area contributed by atoms with Crippen LogP contribution in [-0.2, 0) is 16.2 Å². The van der Waals surface area contributed by atoms with Gasteiger partial charge in [0.2, 0.25) is 6.71 Å². The van der Waals surface area contributed by atoms with Crippen LogP contribution in [0.15, 0.2) is 97.1 Å². The molecule has 250 valence electrons. The summed E-state index contributed by atoms with van der Waals surface area (Å²) in [5.41, 5.74) is 15.4. The maximum Gasteiger partial charge on any atom is 0.243 e. The van der Waals surface area contributed by atoms with E-state index in [2.05, 4.69) is 172 Å². The third-order valence-corrected chi connectivity index (χ3v) is 10.0. The van der Waals surface area contributed by atoms with E-state index in [1.54, 1.807) is 14.2 Å². The van der Waals surface area contributed by atoms with E-state index in [0.29, 0.717) is 0 Å². The highest BCUT2D eigenvalue weighted by atomic mass is 16.5. The molecule has 1 heterocycles. The Hall–Kier alpha value is -4.50. The predicted molar refractivity (Wildman–Crippen MR) is 213 cm³/mol. The number of hydrogen-bond acceptors (Lipinski definition) is 2. The van der Waals surface area contributed by atoms with E-state index in [9.17, 15) is 0 Å². The molecule has 0 bridgehead atoms. The molecule has 0 saturated heterocycles. The average molecular weight is 647 g/mol. The minimum Gasteiger partial charge on any atom is -0.497 e. The minimum absolute atomic E-state index is 0.00821. The summed E-state index contributed by atoms with van der Waals surface area (Å²) in [6.07, 6.45) is 4.63. The van der Waals surface area contributed by atoms with Crippen molar-refractivity contribution in [3.8, 4) is 33.8 Å². The second-order valence-electron chi connectivity index (χ2n) is 16.6. The first-order valence-electron chi connectivity index (χ1n) is 17.5. The van der Waals surface area contributed by atoms with Crippen LogP contribution in [0.1, 0.15) is 90.1 Å². The summed E-state index contributed by atoms with van der Waals surface area (Å²) >= 11 is 0. The normalized spacial score (nSPS) is 13.1. The summed E-state index contributed by atoms with van der Waals surface area (Å²) in [6.45, 7) is 21.3. The minimum atomic E-state index is -0.0855. The molecule has 3 heteroatoms. The second-order valence-corrected chi connectivity index (χ2v) is 16.6. The molecule has 0 unspecified atom stereocenters. The molecule has 1 aliphatic heterocycles. The molecule has 1 aliphatic rings. The third kappa shape index (κ3) is 6.86. The van der Waals surface area contributed by atoms with Crippen LogP contribution in [0, 0.1) is 0 Å². The Morgan fingerprint density at radius 3 is 1.12 bits per heavy atom. The van der Waals surface area contributed by atoms with Crippen molar-refractivity contribution in [2.24, 2.45) is 0 Å². The van der Waals surface area contributed by atoms with Crippen molar-refractivity contribution in [2.45, 2.75) is 78.6 Å². The summed E-state index contributed by atoms with van der Waals surface area (Å²) in [5, 5.41) is 0. The molecule has 49 heavy (non-hydrogen) atoms. The number of rotatable bonds is 5. The average Bonchev–Trinajstić information content (AvgIpc) is 3.22. The number of hydrogen-bond donors (Lipinski definition) is 0. The SMILES string of the molecule is COc1ccc(-c2ccc3c(c2)B(c2c(C(C)(C)C)cc(C(C)(C)C)cc2C(C)(C)C)c2cc(-c4ccc(OC)cc4)ccc2C=C3)cc1. The van der Waals surface area contributed by atoms with Gasteiger partial charge in [-0.05, 0) is 90.6 Å². The molecule has 6 rings (SSSR count). The molecule has 0 spiro atoms. The summed E-state index contributed by atoms with van der Waals surface area (Å²) in [6, 6.07) is 35.9. The zero-order chi connectivity index (χ0) is 35.3. The van der Waals surface area contributed by atoms with E-state index in [-0.39, 0.29) is 23.0 Å². The maximum atomic E-state index is 5.49. The van der Waals surface area contributed by atoms with Crippen molar-refractivity contribution >= 4 is 35.3 Å². The molecule has 5 aromatic carbocycles. The van der Waals surface area contributed by atoms with Crippen LogP contribution in [0.3, 0.4) is 0 Å². The topological polar surface area (TPSA) is 18.5 Å². The van der Waals surface area contributed by atoms with Crippen LogP contribution in [0.2, 0.25) is 0 Å². The van der Waals surface area contributed by atoms with E-state index >= 15 is 0 Å². The van der Waals surface area contributed by atoms with Gasteiger partial charge in [0, 0.05) is 0 Å². The van der Waals surface area contributed by atoms with Crippen LogP contribution >= 0.6 is 0 Å². The van der Waals surface area contributed by atoms with Gasteiger partial charge in [0.25, 0.3) is 0 Å². The predicted octanol–water partition coefficient (Wildman–Crippen LogP) is 9.93. The van der Waals surface area contributed by atoms with Crippen molar-refractivity contribution in [1.29, 1.82) is 0 Å². The molecule has 0 atom stereocenters. The summed E-state index contributed by atoms with van der Waals surface area (Å²) in [5.74, 6) is 1.73. The van der Waals surface area contributed by atoms with Crippen molar-refractivity contribution in [1.82, 2.24) is 0 Å². The van der Waals surface area contributed by atoms with Gasteiger partial charge in [0.1, 0.15) is 11.5 Å². The zero-order valence-corrected chi connectivity index (χ0v) is 31.3. The number of ether oxygens (including phenoxy) is 2. The second kappa shape index (κ2) is 12.8. The van der Waals surface area contributed by atoms with Crippen molar-refractivity contribution < 1.29 is 9.47 Å². The van der Waals surface area contributed by atoms with Crippen molar-refractivity contribution in [3.63, 3.8) is 0 Å². The molecule has 0 fully saturated rings. The monoisotopic (exact) mass is 646 g/mol. The lowest BCUT2D eigenvalue weighted by molar-refractivity contribution is 0.415. The van der Waals surface area contributed by atoms with Crippen molar-refractivity contribution in [3.05, 3.63) is 125 Å². The fourth-order valence-electron chi connectivity index (χ4n) is 7.18. The number of fused-ring (bicyclic) bond motifs is 2. The van der Waals surface area contributed by atoms with Crippen molar-refractivity contribution in [2.75, 3.05) is 14.2 Å². The number of benzene rings is 5. The van der Waals surface area contributed by atoms with Gasteiger partial charge in [-0.25, -0.2) is 0 Å². The van der Waals surface area contributed by atoms with Gasteiger partial charge < -0.3 is 9.47 Å². The summed E-state index contributed by atoms with van der Waals surface area (Å²) in [4.78, 5) is 0. The third-order valence-electron chi connectivity index (χ3n) is 10.0. The molecule has 0 saturated carbocycles. The quantitative estimate of drug-likeness (QED) is 0.174. The van der Waals surface area contributed by atoms with Crippen LogP contribution < -0.4 is 25.9 Å². The lowest BCUT2D eigenvalue weighted by Crippen LogP contribution is -2.58. The van der Waals surface area contributed by atoms with Crippen LogP contribution in [0.4, 0.5) is 0 Å². The lowest BCUT2D eigenvalue weighted by Gasteiger charge is -2.36. The lowest BCUT2D eigenvalue weighted by atomic mass is 9.33. The van der Waals surface area contributed by atoms with Crippen LogP contribution in [0.25, 0.3) is 34.4 Å². The van der Waals surface area contributed by atoms with Gasteiger partial charge in [-0.1, -0.05) is 164 Å². The van der Waals surface area contributed by atoms with E-state index in [4.69, 9.17) is 9.47 Å². The van der Waals surface area contributed by atoms with Gasteiger partial charge >= 0.3 is 0 Å². The molecule has 0 radical (unpaired) electrons. The molecule has 0 aromatic heterocycles. The highest BCUT2D eigenvalue weighted by Crippen LogP contribution is 2.35. The molecule has 2 nitrogen and oxygen atoms in total. The fraction of sp³-hybridized carbons (Fsp3) is 0.304. The maximum absolute atomic E-state index is 5.49. The van der Waals surface area contributed by atoms with E-state index in [0.717, 1.165) is 11.5 Å². The summed E-state index contributed by atoms with van der Waals surface area (Å²) < 4.78 is 11.0. The standard InChI is InChI=1S/C46H51BO2/c1-44(2,3)36-28-39(45(4,5)6)43(40(29-36)46(7,8)9)47-41-26-34(30-18-22-37(48-10)23-19-30)16-14-32(41)12-13-33-15-17-35(27-42(33)47)31-20-24-38(49-11)25-21-31/h12-29H,1-11H3. The van der Waals surface area contributed by atoms with Gasteiger partial charge in [-0.3, -0.25) is 0 Å². The van der Waals surface area contributed by atoms with Gasteiger partial charge in [0.05, 0.1) is 14.2 Å². The van der Waals surface area contributed by atoms with E-state index < -0.39 is 0 Å². The van der Waals surface area contributed by atoms with Gasteiger partial charge in [-0.15, -0.1) is 0 Å². The van der Waals surface area contributed by atoms with Gasteiger partial charge in [-0.2, -0.15) is 0 Å². The smallest absolute Gasteiger partial charge is 0.243 e. The number of methoxy groups -OCH3 is 2. The first-order valence-corrected chi connectivity index (χ1v) is 17.5. The highest BCUT2D eigenvalue weighted by Gasteiger charge is 2.38.